The van der Waals surface area contributed by atoms with E-state index in [9.17, 15) is 9.90 Å². The lowest BCUT2D eigenvalue weighted by Gasteiger charge is -2.35. The molecule has 0 saturated heterocycles. The average molecular weight is 402 g/mol. The van der Waals surface area contributed by atoms with Gasteiger partial charge in [0, 0.05) is 0 Å². The highest BCUT2D eigenvalue weighted by atomic mass is 16.5. The fourth-order valence-electron chi connectivity index (χ4n) is 4.37. The molecule has 3 aromatic rings. The first-order valence-corrected chi connectivity index (χ1v) is 10.4. The predicted molar refractivity (Wildman–Crippen MR) is 118 cm³/mol. The van der Waals surface area contributed by atoms with Crippen LogP contribution in [0.5, 0.6) is 5.75 Å². The number of amides is 1. The molecule has 0 aromatic heterocycles. The minimum atomic E-state index is -1.08. The zero-order valence-corrected chi connectivity index (χ0v) is 17.2. The summed E-state index contributed by atoms with van der Waals surface area (Å²) in [6.07, 6.45) is 2.39. The Morgan fingerprint density at radius 2 is 1.67 bits per heavy atom. The molecule has 0 bridgehead atoms. The molecule has 0 saturated carbocycles. The van der Waals surface area contributed by atoms with Gasteiger partial charge in [-0.25, -0.2) is 0 Å². The van der Waals surface area contributed by atoms with Crippen molar-refractivity contribution in [2.75, 3.05) is 13.7 Å². The summed E-state index contributed by atoms with van der Waals surface area (Å²) in [4.78, 5) is 13.3. The second-order valence-electron chi connectivity index (χ2n) is 7.88. The highest BCUT2D eigenvalue weighted by molar-refractivity contribution is 5.87. The van der Waals surface area contributed by atoms with E-state index in [2.05, 4.69) is 5.32 Å². The van der Waals surface area contributed by atoms with Gasteiger partial charge in [-0.05, 0) is 53.6 Å². The summed E-state index contributed by atoms with van der Waals surface area (Å²) in [6.45, 7) is 0.182. The lowest BCUT2D eigenvalue weighted by molar-refractivity contribution is -0.123. The molecule has 1 aliphatic carbocycles. The Balaban J connectivity index is 1.57. The van der Waals surface area contributed by atoms with Gasteiger partial charge in [-0.3, -0.25) is 4.79 Å². The number of rotatable bonds is 6. The molecule has 4 rings (SSSR count). The number of carbonyl (C=O) groups excluding carboxylic acids is 1. The maximum Gasteiger partial charge on any atom is 0.232 e. The highest BCUT2D eigenvalue weighted by Gasteiger charge is 2.35. The molecule has 30 heavy (non-hydrogen) atoms. The van der Waals surface area contributed by atoms with Gasteiger partial charge in [0.05, 0.1) is 19.6 Å². The van der Waals surface area contributed by atoms with E-state index in [1.807, 2.05) is 78.9 Å². The van der Waals surface area contributed by atoms with Crippen LogP contribution in [0.2, 0.25) is 0 Å². The van der Waals surface area contributed by atoms with Crippen LogP contribution in [0.3, 0.4) is 0 Å². The second kappa shape index (κ2) is 8.72. The minimum Gasteiger partial charge on any atom is -0.497 e. The summed E-state index contributed by atoms with van der Waals surface area (Å²) in [5, 5.41) is 14.4. The maximum absolute atomic E-state index is 13.3. The van der Waals surface area contributed by atoms with Gasteiger partial charge in [0.15, 0.2) is 0 Å². The van der Waals surface area contributed by atoms with Crippen molar-refractivity contribution >= 4 is 5.91 Å². The Hall–Kier alpha value is -3.11. The van der Waals surface area contributed by atoms with Gasteiger partial charge in [-0.2, -0.15) is 0 Å². The van der Waals surface area contributed by atoms with Gasteiger partial charge in [0.2, 0.25) is 5.91 Å². The number of fused-ring (bicyclic) bond motifs is 1. The zero-order chi connectivity index (χ0) is 21.0. The van der Waals surface area contributed by atoms with Gasteiger partial charge in [0.25, 0.3) is 0 Å². The number of aliphatic hydroxyl groups is 1. The van der Waals surface area contributed by atoms with Crippen molar-refractivity contribution in [3.05, 3.63) is 101 Å². The number of methoxy groups -OCH3 is 1. The number of benzene rings is 3. The minimum absolute atomic E-state index is 0.110. The number of hydrogen-bond donors (Lipinski definition) is 2. The molecule has 4 heteroatoms. The van der Waals surface area contributed by atoms with Crippen LogP contribution in [-0.2, 0) is 16.8 Å². The Morgan fingerprint density at radius 1 is 1.03 bits per heavy atom. The molecule has 0 heterocycles. The topological polar surface area (TPSA) is 58.6 Å². The molecular weight excluding hydrogens is 374 g/mol. The van der Waals surface area contributed by atoms with E-state index in [0.717, 1.165) is 40.8 Å². The van der Waals surface area contributed by atoms with E-state index in [1.54, 1.807) is 7.11 Å². The zero-order valence-electron chi connectivity index (χ0n) is 17.2. The molecule has 0 fully saturated rings. The van der Waals surface area contributed by atoms with Crippen LogP contribution in [0.1, 0.15) is 41.0 Å². The Kier molecular flexibility index (Phi) is 5.86. The van der Waals surface area contributed by atoms with Crippen LogP contribution < -0.4 is 10.1 Å². The van der Waals surface area contributed by atoms with Gasteiger partial charge in [0.1, 0.15) is 11.4 Å². The molecule has 1 atom stereocenters. The second-order valence-corrected chi connectivity index (χ2v) is 7.88. The van der Waals surface area contributed by atoms with Crippen LogP contribution in [0, 0.1) is 0 Å². The molecule has 154 valence electrons. The lowest BCUT2D eigenvalue weighted by Crippen LogP contribution is -2.44. The van der Waals surface area contributed by atoms with Crippen LogP contribution >= 0.6 is 0 Å². The number of carbonyl (C=O) groups is 1. The van der Waals surface area contributed by atoms with Crippen LogP contribution in [0.15, 0.2) is 78.9 Å². The third-order valence-corrected chi connectivity index (χ3v) is 5.93. The molecule has 1 aliphatic rings. The Morgan fingerprint density at radius 3 is 2.27 bits per heavy atom. The van der Waals surface area contributed by atoms with Crippen LogP contribution in [0.25, 0.3) is 0 Å². The van der Waals surface area contributed by atoms with E-state index in [1.165, 1.54) is 0 Å². The summed E-state index contributed by atoms with van der Waals surface area (Å²) in [5.74, 6) is 0.256. The van der Waals surface area contributed by atoms with E-state index in [-0.39, 0.29) is 12.5 Å². The fourth-order valence-corrected chi connectivity index (χ4v) is 4.37. The molecular formula is C26H27NO3. The van der Waals surface area contributed by atoms with E-state index in [4.69, 9.17) is 4.74 Å². The highest BCUT2D eigenvalue weighted by Crippen LogP contribution is 2.37. The first-order chi connectivity index (χ1) is 14.6. The number of nitrogens with one attached hydrogen (secondary N) is 1. The lowest BCUT2D eigenvalue weighted by atomic mass is 9.78. The van der Waals surface area contributed by atoms with Crippen LogP contribution in [0.4, 0.5) is 0 Å². The predicted octanol–water partition coefficient (Wildman–Crippen LogP) is 4.17. The smallest absolute Gasteiger partial charge is 0.232 e. The normalized spacial score (nSPS) is 18.0. The molecule has 0 aliphatic heterocycles. The molecule has 0 spiro atoms. The van der Waals surface area contributed by atoms with Crippen molar-refractivity contribution in [2.24, 2.45) is 0 Å². The number of aryl methyl sites for hydroxylation is 1. The van der Waals surface area contributed by atoms with Crippen molar-refractivity contribution in [2.45, 2.75) is 30.8 Å². The standard InChI is InChI=1S/C26H27NO3/c1-30-22-14-15-23-21(17-22)13-8-16-26(23,29)18-27-25(28)24(19-9-4-2-5-10-19)20-11-6-3-7-12-20/h2-7,9-12,14-15,17,24,29H,8,13,16,18H2,1H3,(H,27,28). The largest absolute Gasteiger partial charge is 0.497 e. The Bertz CT molecular complexity index is 964. The average Bonchev–Trinajstić information content (AvgIpc) is 2.79. The van der Waals surface area contributed by atoms with E-state index >= 15 is 0 Å². The Labute approximate surface area is 177 Å². The third kappa shape index (κ3) is 4.10. The van der Waals surface area contributed by atoms with Crippen molar-refractivity contribution in [3.63, 3.8) is 0 Å². The molecule has 1 amide bonds. The van der Waals surface area contributed by atoms with E-state index < -0.39 is 11.5 Å². The summed E-state index contributed by atoms with van der Waals surface area (Å²) in [5.41, 5.74) is 2.75. The monoisotopic (exact) mass is 401 g/mol. The van der Waals surface area contributed by atoms with Gasteiger partial charge < -0.3 is 15.2 Å². The first kappa shape index (κ1) is 20.2. The molecule has 3 aromatic carbocycles. The molecule has 0 radical (unpaired) electrons. The van der Waals surface area contributed by atoms with Gasteiger partial charge in [-0.1, -0.05) is 66.7 Å². The quantitative estimate of drug-likeness (QED) is 0.652. The first-order valence-electron chi connectivity index (χ1n) is 10.4. The van der Waals surface area contributed by atoms with Crippen LogP contribution in [-0.4, -0.2) is 24.7 Å². The van der Waals surface area contributed by atoms with Gasteiger partial charge in [-0.15, -0.1) is 0 Å². The van der Waals surface area contributed by atoms with Crippen molar-refractivity contribution in [3.8, 4) is 5.75 Å². The SMILES string of the molecule is COc1ccc2c(c1)CCCC2(O)CNC(=O)C(c1ccccc1)c1ccccc1. The molecule has 2 N–H and O–H groups in total. The summed E-state index contributed by atoms with van der Waals surface area (Å²) < 4.78 is 5.32. The number of ether oxygens (including phenoxy) is 1. The summed E-state index contributed by atoms with van der Waals surface area (Å²) in [6, 6.07) is 25.3. The van der Waals surface area contributed by atoms with Crippen molar-refractivity contribution in [1.82, 2.24) is 5.32 Å². The molecule has 4 nitrogen and oxygen atoms in total. The van der Waals surface area contributed by atoms with Crippen molar-refractivity contribution < 1.29 is 14.6 Å². The van der Waals surface area contributed by atoms with Gasteiger partial charge >= 0.3 is 0 Å². The molecule has 1 unspecified atom stereocenters. The van der Waals surface area contributed by atoms with E-state index in [0.29, 0.717) is 6.42 Å². The number of hydrogen-bond acceptors (Lipinski definition) is 3. The van der Waals surface area contributed by atoms with Crippen molar-refractivity contribution in [1.29, 1.82) is 0 Å². The summed E-state index contributed by atoms with van der Waals surface area (Å²) in [7, 11) is 1.64. The maximum atomic E-state index is 13.3. The fraction of sp³-hybridized carbons (Fsp3) is 0.269. The third-order valence-electron chi connectivity index (χ3n) is 5.93. The summed E-state index contributed by atoms with van der Waals surface area (Å²) >= 11 is 0.